The summed E-state index contributed by atoms with van der Waals surface area (Å²) in [5, 5.41) is 0. The second-order valence-corrected chi connectivity index (χ2v) is 7.79. The van der Waals surface area contributed by atoms with E-state index in [4.69, 9.17) is 9.47 Å². The Morgan fingerprint density at radius 2 is 2.00 bits per heavy atom. The highest BCUT2D eigenvalue weighted by Crippen LogP contribution is 2.55. The van der Waals surface area contributed by atoms with E-state index in [0.29, 0.717) is 6.10 Å². The summed E-state index contributed by atoms with van der Waals surface area (Å²) in [7, 11) is 3.65. The first-order valence-electron chi connectivity index (χ1n) is 9.00. The van der Waals surface area contributed by atoms with Crippen LogP contribution in [0.4, 0.5) is 0 Å². The van der Waals surface area contributed by atoms with Crippen LogP contribution in [0, 0.1) is 12.8 Å². The molecule has 1 saturated carbocycles. The zero-order chi connectivity index (χ0) is 16.2. The van der Waals surface area contributed by atoms with Crippen LogP contribution in [0.5, 0.6) is 5.75 Å². The highest BCUT2D eigenvalue weighted by atomic mass is 16.5. The molecule has 3 unspecified atom stereocenters. The molecule has 1 aromatic carbocycles. The summed E-state index contributed by atoms with van der Waals surface area (Å²) < 4.78 is 11.2. The zero-order valence-electron chi connectivity index (χ0n) is 14.9. The highest BCUT2D eigenvalue weighted by molar-refractivity contribution is 5.55. The topological polar surface area (TPSA) is 18.5 Å². The summed E-state index contributed by atoms with van der Waals surface area (Å²) in [6, 6.07) is 4.51. The predicted octanol–water partition coefficient (Wildman–Crippen LogP) is 4.72. The van der Waals surface area contributed by atoms with Crippen molar-refractivity contribution in [1.82, 2.24) is 0 Å². The van der Waals surface area contributed by atoms with Gasteiger partial charge in [0.25, 0.3) is 0 Å². The Bertz CT molecular complexity index is 673. The maximum absolute atomic E-state index is 5.68. The van der Waals surface area contributed by atoms with E-state index in [9.17, 15) is 0 Å². The number of fused-ring (bicyclic) bond motifs is 4. The molecule has 3 atom stereocenters. The Morgan fingerprint density at radius 3 is 2.74 bits per heavy atom. The molecule has 3 aliphatic carbocycles. The number of benzene rings is 1. The molecule has 1 aromatic rings. The maximum Gasteiger partial charge on any atom is 0.122 e. The number of methoxy groups -OCH3 is 2. The molecule has 0 heterocycles. The van der Waals surface area contributed by atoms with Crippen LogP contribution in [0.25, 0.3) is 0 Å². The number of allylic oxidation sites excluding steroid dienone is 1. The van der Waals surface area contributed by atoms with Gasteiger partial charge in [-0.1, -0.05) is 24.1 Å². The van der Waals surface area contributed by atoms with Crippen molar-refractivity contribution < 1.29 is 9.47 Å². The van der Waals surface area contributed by atoms with E-state index < -0.39 is 0 Å². The molecule has 0 amide bonds. The molecule has 1 fully saturated rings. The third-order valence-electron chi connectivity index (χ3n) is 6.86. The Morgan fingerprint density at radius 1 is 1.17 bits per heavy atom. The third-order valence-corrected chi connectivity index (χ3v) is 6.86. The van der Waals surface area contributed by atoms with Gasteiger partial charge in [-0.05, 0) is 74.1 Å². The van der Waals surface area contributed by atoms with E-state index in [1.165, 1.54) is 36.8 Å². The van der Waals surface area contributed by atoms with Gasteiger partial charge in [-0.25, -0.2) is 0 Å². The molecule has 0 aliphatic heterocycles. The van der Waals surface area contributed by atoms with Crippen molar-refractivity contribution in [3.05, 3.63) is 40.0 Å². The molecule has 0 saturated heterocycles. The van der Waals surface area contributed by atoms with Crippen LogP contribution in [0.2, 0.25) is 0 Å². The molecular weight excluding hydrogens is 284 g/mol. The Balaban J connectivity index is 1.83. The number of rotatable bonds is 2. The van der Waals surface area contributed by atoms with Crippen LogP contribution < -0.4 is 4.74 Å². The Labute approximate surface area is 139 Å². The van der Waals surface area contributed by atoms with Gasteiger partial charge in [0.05, 0.1) is 13.2 Å². The predicted molar refractivity (Wildman–Crippen MR) is 93.2 cm³/mol. The Hall–Kier alpha value is -1.28. The molecule has 2 heteroatoms. The summed E-state index contributed by atoms with van der Waals surface area (Å²) in [6.45, 7) is 4.71. The van der Waals surface area contributed by atoms with Crippen LogP contribution in [-0.2, 0) is 16.6 Å². The average Bonchev–Trinajstić information content (AvgIpc) is 2.98. The molecule has 0 radical (unpaired) electrons. The van der Waals surface area contributed by atoms with E-state index in [-0.39, 0.29) is 5.41 Å². The SMILES string of the molecule is COc1ccc2c(c1C)CCC1=C3CC(OC)CC3CCC12C. The monoisotopic (exact) mass is 312 g/mol. The fourth-order valence-electron chi connectivity index (χ4n) is 5.54. The van der Waals surface area contributed by atoms with Crippen LogP contribution >= 0.6 is 0 Å². The van der Waals surface area contributed by atoms with Gasteiger partial charge in [0, 0.05) is 12.5 Å². The quantitative estimate of drug-likeness (QED) is 0.735. The minimum atomic E-state index is 0.235. The number of hydrogen-bond acceptors (Lipinski definition) is 2. The fourth-order valence-corrected chi connectivity index (χ4v) is 5.54. The number of hydrogen-bond donors (Lipinski definition) is 0. The largest absolute Gasteiger partial charge is 0.496 e. The van der Waals surface area contributed by atoms with Gasteiger partial charge in [-0.2, -0.15) is 0 Å². The fraction of sp³-hybridized carbons (Fsp3) is 0.619. The lowest BCUT2D eigenvalue weighted by Gasteiger charge is -2.45. The normalized spacial score (nSPS) is 32.3. The van der Waals surface area contributed by atoms with E-state index >= 15 is 0 Å². The van der Waals surface area contributed by atoms with Crippen molar-refractivity contribution in [3.8, 4) is 5.75 Å². The maximum atomic E-state index is 5.68. The minimum absolute atomic E-state index is 0.235. The summed E-state index contributed by atoms with van der Waals surface area (Å²) in [4.78, 5) is 0. The minimum Gasteiger partial charge on any atom is -0.496 e. The summed E-state index contributed by atoms with van der Waals surface area (Å²) in [5.41, 5.74) is 8.16. The Kier molecular flexibility index (Phi) is 3.57. The molecule has 124 valence electrons. The zero-order valence-corrected chi connectivity index (χ0v) is 14.9. The van der Waals surface area contributed by atoms with Gasteiger partial charge in [0.1, 0.15) is 5.75 Å². The first-order chi connectivity index (χ1) is 11.1. The summed E-state index contributed by atoms with van der Waals surface area (Å²) in [6.07, 6.45) is 7.84. The standard InChI is InChI=1S/C21H28O2/c1-13-16-5-6-19-17-12-15(22-3)11-14(17)9-10-21(19,2)18(16)7-8-20(13)23-4/h7-8,14-15H,5-6,9-12H2,1-4H3. The lowest BCUT2D eigenvalue weighted by atomic mass is 9.59. The van der Waals surface area contributed by atoms with Crippen LogP contribution in [0.1, 0.15) is 55.7 Å². The van der Waals surface area contributed by atoms with E-state index in [1.807, 2.05) is 7.11 Å². The molecule has 2 nitrogen and oxygen atoms in total. The summed E-state index contributed by atoms with van der Waals surface area (Å²) in [5.74, 6) is 1.82. The van der Waals surface area contributed by atoms with Crippen molar-refractivity contribution in [2.75, 3.05) is 14.2 Å². The molecule has 4 rings (SSSR count). The second-order valence-electron chi connectivity index (χ2n) is 7.79. The third kappa shape index (κ3) is 2.11. The van der Waals surface area contributed by atoms with Gasteiger partial charge in [0.15, 0.2) is 0 Å². The van der Waals surface area contributed by atoms with Gasteiger partial charge in [0.2, 0.25) is 0 Å². The van der Waals surface area contributed by atoms with Crippen molar-refractivity contribution in [2.24, 2.45) is 5.92 Å². The lowest BCUT2D eigenvalue weighted by Crippen LogP contribution is -2.35. The smallest absolute Gasteiger partial charge is 0.122 e. The van der Waals surface area contributed by atoms with E-state index in [1.54, 1.807) is 23.8 Å². The van der Waals surface area contributed by atoms with Crippen LogP contribution in [0.15, 0.2) is 23.3 Å². The van der Waals surface area contributed by atoms with Crippen molar-refractivity contribution in [3.63, 3.8) is 0 Å². The van der Waals surface area contributed by atoms with Crippen molar-refractivity contribution in [1.29, 1.82) is 0 Å². The van der Waals surface area contributed by atoms with Gasteiger partial charge in [-0.3, -0.25) is 0 Å². The van der Waals surface area contributed by atoms with Gasteiger partial charge in [-0.15, -0.1) is 0 Å². The van der Waals surface area contributed by atoms with Gasteiger partial charge >= 0.3 is 0 Å². The second kappa shape index (κ2) is 5.37. The molecule has 3 aliphatic rings. The van der Waals surface area contributed by atoms with Crippen LogP contribution in [0.3, 0.4) is 0 Å². The average molecular weight is 312 g/mol. The first kappa shape index (κ1) is 15.3. The summed E-state index contributed by atoms with van der Waals surface area (Å²) >= 11 is 0. The number of ether oxygens (including phenoxy) is 2. The highest BCUT2D eigenvalue weighted by Gasteiger charge is 2.45. The molecule has 0 spiro atoms. The molecular formula is C21H28O2. The van der Waals surface area contributed by atoms with E-state index in [0.717, 1.165) is 24.5 Å². The van der Waals surface area contributed by atoms with Gasteiger partial charge < -0.3 is 9.47 Å². The molecule has 0 bridgehead atoms. The van der Waals surface area contributed by atoms with E-state index in [2.05, 4.69) is 26.0 Å². The molecule has 23 heavy (non-hydrogen) atoms. The van der Waals surface area contributed by atoms with Crippen molar-refractivity contribution >= 4 is 0 Å². The molecule has 0 aromatic heterocycles. The first-order valence-corrected chi connectivity index (χ1v) is 9.00. The lowest BCUT2D eigenvalue weighted by molar-refractivity contribution is 0.106. The van der Waals surface area contributed by atoms with Crippen molar-refractivity contribution in [2.45, 2.75) is 63.9 Å². The van der Waals surface area contributed by atoms with Crippen LogP contribution in [-0.4, -0.2) is 20.3 Å². The molecule has 0 N–H and O–H groups in total.